The minimum atomic E-state index is -4.19. The van der Waals surface area contributed by atoms with Gasteiger partial charge in [0.1, 0.15) is 0 Å². The Balaban J connectivity index is 2.68. The summed E-state index contributed by atoms with van der Waals surface area (Å²) in [4.78, 5) is 46.5. The standard InChI is InChI=1S/C8H17NO7P2/c10-7-1-2-8(9-7,3-5-17(11,12)13)4-6-18(14,15)16/h1-6H2,(H,9,10)(H2,11,12,13)(H2,14,15,16). The number of carbonyl (C=O) groups excluding carboxylic acids is 1. The summed E-state index contributed by atoms with van der Waals surface area (Å²) in [5.74, 6) is -0.258. The van der Waals surface area contributed by atoms with E-state index in [0.717, 1.165) is 0 Å². The van der Waals surface area contributed by atoms with Crippen molar-refractivity contribution in [3.05, 3.63) is 0 Å². The SMILES string of the molecule is O=C1CCC(CCP(=O)(O)O)(CCP(=O)(O)O)N1. The molecule has 10 heteroatoms. The van der Waals surface area contributed by atoms with E-state index in [1.165, 1.54) is 0 Å². The van der Waals surface area contributed by atoms with E-state index in [9.17, 15) is 13.9 Å². The van der Waals surface area contributed by atoms with Gasteiger partial charge in [0.2, 0.25) is 5.91 Å². The van der Waals surface area contributed by atoms with Gasteiger partial charge >= 0.3 is 15.2 Å². The fraction of sp³-hybridized carbons (Fsp3) is 0.875. The smallest absolute Gasteiger partial charge is 0.325 e. The van der Waals surface area contributed by atoms with Crippen LogP contribution in [0.4, 0.5) is 0 Å². The topological polar surface area (TPSA) is 144 Å². The molecule has 8 nitrogen and oxygen atoms in total. The van der Waals surface area contributed by atoms with Crippen molar-refractivity contribution in [2.24, 2.45) is 0 Å². The van der Waals surface area contributed by atoms with Gasteiger partial charge in [-0.2, -0.15) is 0 Å². The van der Waals surface area contributed by atoms with Crippen molar-refractivity contribution in [3.63, 3.8) is 0 Å². The lowest BCUT2D eigenvalue weighted by Gasteiger charge is -2.29. The summed E-state index contributed by atoms with van der Waals surface area (Å²) in [5.41, 5.74) is -0.903. The van der Waals surface area contributed by atoms with Crippen LogP contribution in [0.5, 0.6) is 0 Å². The highest BCUT2D eigenvalue weighted by Crippen LogP contribution is 2.43. The maximum Gasteiger partial charge on any atom is 0.325 e. The fourth-order valence-corrected chi connectivity index (χ4v) is 3.43. The predicted molar refractivity (Wildman–Crippen MR) is 63.2 cm³/mol. The number of hydrogen-bond donors (Lipinski definition) is 5. The molecule has 1 saturated heterocycles. The molecular weight excluding hydrogens is 284 g/mol. The van der Waals surface area contributed by atoms with Crippen molar-refractivity contribution < 1.29 is 33.5 Å². The van der Waals surface area contributed by atoms with Gasteiger partial charge in [-0.15, -0.1) is 0 Å². The fourth-order valence-electron chi connectivity index (χ4n) is 1.99. The third-order valence-electron chi connectivity index (χ3n) is 3.00. The first-order valence-electron chi connectivity index (χ1n) is 5.42. The van der Waals surface area contributed by atoms with E-state index in [-0.39, 0.29) is 25.2 Å². The predicted octanol–water partition coefficient (Wildman–Crippen LogP) is -0.229. The largest absolute Gasteiger partial charge is 0.351 e. The molecule has 1 rings (SSSR count). The normalized spacial score (nSPS) is 19.9. The summed E-state index contributed by atoms with van der Waals surface area (Å²) in [6, 6.07) is 0. The monoisotopic (exact) mass is 301 g/mol. The number of carbonyl (C=O) groups is 1. The van der Waals surface area contributed by atoms with Crippen molar-refractivity contribution >= 4 is 21.1 Å². The second-order valence-electron chi connectivity index (χ2n) is 4.61. The Kier molecular flexibility index (Phi) is 4.76. The number of rotatable bonds is 6. The van der Waals surface area contributed by atoms with Gasteiger partial charge in [0.15, 0.2) is 0 Å². The van der Waals surface area contributed by atoms with Gasteiger partial charge in [0, 0.05) is 12.0 Å². The Bertz CT molecular complexity index is 386. The van der Waals surface area contributed by atoms with Crippen LogP contribution in [0.1, 0.15) is 25.7 Å². The van der Waals surface area contributed by atoms with Crippen molar-refractivity contribution in [1.82, 2.24) is 5.32 Å². The van der Waals surface area contributed by atoms with Crippen LogP contribution in [0.3, 0.4) is 0 Å². The summed E-state index contributed by atoms with van der Waals surface area (Å²) in [7, 11) is -8.38. The summed E-state index contributed by atoms with van der Waals surface area (Å²) in [6.07, 6.45) is -0.233. The molecule has 1 aliphatic rings. The Labute approximate surface area is 104 Å². The van der Waals surface area contributed by atoms with Crippen molar-refractivity contribution in [1.29, 1.82) is 0 Å². The lowest BCUT2D eigenvalue weighted by Crippen LogP contribution is -2.43. The average molecular weight is 301 g/mol. The molecule has 5 N–H and O–H groups in total. The molecule has 18 heavy (non-hydrogen) atoms. The second-order valence-corrected chi connectivity index (χ2v) is 8.16. The highest BCUT2D eigenvalue weighted by molar-refractivity contribution is 7.52. The molecule has 1 amide bonds. The molecular formula is C8H17NO7P2. The van der Waals surface area contributed by atoms with Gasteiger partial charge < -0.3 is 24.9 Å². The first-order valence-corrected chi connectivity index (χ1v) is 9.01. The third kappa shape index (κ3) is 5.61. The first kappa shape index (κ1) is 15.8. The van der Waals surface area contributed by atoms with Crippen LogP contribution in [0.2, 0.25) is 0 Å². The molecule has 0 radical (unpaired) electrons. The van der Waals surface area contributed by atoms with Gasteiger partial charge in [-0.25, -0.2) is 0 Å². The molecule has 0 saturated carbocycles. The highest BCUT2D eigenvalue weighted by Gasteiger charge is 2.39. The lowest BCUT2D eigenvalue weighted by atomic mass is 9.91. The van der Waals surface area contributed by atoms with E-state index < -0.39 is 33.1 Å². The van der Waals surface area contributed by atoms with E-state index >= 15 is 0 Å². The maximum absolute atomic E-state index is 11.2. The highest BCUT2D eigenvalue weighted by atomic mass is 31.2. The molecule has 0 unspecified atom stereocenters. The molecule has 0 aromatic rings. The van der Waals surface area contributed by atoms with Crippen molar-refractivity contribution in [2.45, 2.75) is 31.2 Å². The first-order chi connectivity index (χ1) is 8.02. The van der Waals surface area contributed by atoms with Crippen LogP contribution in [-0.2, 0) is 13.9 Å². The molecule has 0 bridgehead atoms. The van der Waals surface area contributed by atoms with E-state index in [2.05, 4.69) is 5.32 Å². The summed E-state index contributed by atoms with van der Waals surface area (Å²) >= 11 is 0. The molecule has 0 atom stereocenters. The molecule has 1 heterocycles. The zero-order valence-electron chi connectivity index (χ0n) is 9.65. The Morgan fingerprint density at radius 3 is 1.78 bits per heavy atom. The molecule has 1 aliphatic heterocycles. The number of hydrogen-bond acceptors (Lipinski definition) is 3. The maximum atomic E-state index is 11.2. The Morgan fingerprint density at radius 2 is 1.50 bits per heavy atom. The van der Waals surface area contributed by atoms with Crippen LogP contribution in [0, 0.1) is 0 Å². The van der Waals surface area contributed by atoms with Gasteiger partial charge in [-0.1, -0.05) is 0 Å². The minimum absolute atomic E-state index is 0.0169. The Hall–Kier alpha value is -0.230. The summed E-state index contributed by atoms with van der Waals surface area (Å²) in [5, 5.41) is 2.59. The number of nitrogens with one attached hydrogen (secondary N) is 1. The van der Waals surface area contributed by atoms with Crippen LogP contribution >= 0.6 is 15.2 Å². The molecule has 0 spiro atoms. The zero-order valence-corrected chi connectivity index (χ0v) is 11.4. The Morgan fingerprint density at radius 1 is 1.06 bits per heavy atom. The quantitative estimate of drug-likeness (QED) is 0.426. The summed E-state index contributed by atoms with van der Waals surface area (Å²) < 4.78 is 21.7. The van der Waals surface area contributed by atoms with Gasteiger partial charge in [-0.05, 0) is 19.3 Å². The zero-order chi connectivity index (χ0) is 14.0. The van der Waals surface area contributed by atoms with Crippen molar-refractivity contribution in [2.75, 3.05) is 12.3 Å². The van der Waals surface area contributed by atoms with E-state index in [4.69, 9.17) is 19.6 Å². The van der Waals surface area contributed by atoms with Crippen LogP contribution < -0.4 is 5.32 Å². The van der Waals surface area contributed by atoms with Crippen LogP contribution in [-0.4, -0.2) is 43.3 Å². The number of amides is 1. The molecule has 0 aromatic heterocycles. The molecule has 106 valence electrons. The van der Waals surface area contributed by atoms with Crippen LogP contribution in [0.25, 0.3) is 0 Å². The van der Waals surface area contributed by atoms with E-state index in [0.29, 0.717) is 6.42 Å². The third-order valence-corrected chi connectivity index (χ3v) is 4.61. The second kappa shape index (κ2) is 5.41. The minimum Gasteiger partial charge on any atom is -0.351 e. The lowest BCUT2D eigenvalue weighted by molar-refractivity contribution is -0.119. The molecule has 1 fully saturated rings. The van der Waals surface area contributed by atoms with Gasteiger partial charge in [-0.3, -0.25) is 13.9 Å². The van der Waals surface area contributed by atoms with Gasteiger partial charge in [0.25, 0.3) is 0 Å². The van der Waals surface area contributed by atoms with E-state index in [1.54, 1.807) is 0 Å². The van der Waals surface area contributed by atoms with Crippen molar-refractivity contribution in [3.8, 4) is 0 Å². The average Bonchev–Trinajstić information content (AvgIpc) is 2.54. The molecule has 0 aliphatic carbocycles. The van der Waals surface area contributed by atoms with E-state index in [1.807, 2.05) is 0 Å². The summed E-state index contributed by atoms with van der Waals surface area (Å²) in [6.45, 7) is 0. The van der Waals surface area contributed by atoms with Gasteiger partial charge in [0.05, 0.1) is 12.3 Å². The molecule has 0 aromatic carbocycles. The van der Waals surface area contributed by atoms with Crippen LogP contribution in [0.15, 0.2) is 0 Å².